The van der Waals surface area contributed by atoms with Crippen LogP contribution in [0.4, 0.5) is 5.69 Å². The maximum Gasteiger partial charge on any atom is 0.359 e. The van der Waals surface area contributed by atoms with Crippen LogP contribution in [-0.4, -0.2) is 35.1 Å². The van der Waals surface area contributed by atoms with E-state index in [1.165, 1.54) is 4.68 Å². The number of hydrogen-bond acceptors (Lipinski definition) is 5. The normalized spacial score (nSPS) is 15.9. The minimum absolute atomic E-state index is 0.146. The molecule has 2 rings (SSSR count). The zero-order valence-electron chi connectivity index (χ0n) is 9.40. The van der Waals surface area contributed by atoms with Crippen LogP contribution in [0.2, 0.25) is 0 Å². The van der Waals surface area contributed by atoms with Crippen molar-refractivity contribution in [3.63, 3.8) is 0 Å². The minimum Gasteiger partial charge on any atom is -0.453 e. The predicted molar refractivity (Wildman–Crippen MR) is 57.0 cm³/mol. The summed E-state index contributed by atoms with van der Waals surface area (Å²) in [6, 6.07) is 0. The third-order valence-electron chi connectivity index (χ3n) is 2.57. The first kappa shape index (κ1) is 10.9. The van der Waals surface area contributed by atoms with Gasteiger partial charge in [-0.3, -0.25) is 4.68 Å². The van der Waals surface area contributed by atoms with Gasteiger partial charge in [0.15, 0.2) is 5.69 Å². The number of nitrogen functional groups attached to an aromatic ring is 1. The Hall–Kier alpha value is -1.56. The van der Waals surface area contributed by atoms with Crippen molar-refractivity contribution >= 4 is 11.7 Å². The second-order valence-corrected chi connectivity index (χ2v) is 3.75. The quantitative estimate of drug-likeness (QED) is 0.739. The fourth-order valence-electron chi connectivity index (χ4n) is 1.59. The number of rotatable bonds is 3. The summed E-state index contributed by atoms with van der Waals surface area (Å²) in [5.41, 5.74) is 7.29. The molecule has 0 saturated carbocycles. The van der Waals surface area contributed by atoms with Crippen molar-refractivity contribution in [2.75, 3.05) is 18.9 Å². The molecule has 1 fully saturated rings. The van der Waals surface area contributed by atoms with Crippen LogP contribution in [0.1, 0.15) is 23.1 Å². The van der Waals surface area contributed by atoms with Crippen LogP contribution in [0.5, 0.6) is 0 Å². The molecule has 0 amide bonds. The van der Waals surface area contributed by atoms with Gasteiger partial charge < -0.3 is 15.2 Å². The number of nitrogens with two attached hydrogens (primary N) is 1. The SMILES string of the molecule is CCc1nn(C)c(C(=O)OC2COC2)c1N. The molecule has 16 heavy (non-hydrogen) atoms. The summed E-state index contributed by atoms with van der Waals surface area (Å²) in [5, 5.41) is 4.16. The van der Waals surface area contributed by atoms with Gasteiger partial charge >= 0.3 is 5.97 Å². The van der Waals surface area contributed by atoms with Crippen LogP contribution in [0, 0.1) is 0 Å². The maximum atomic E-state index is 11.8. The number of nitrogens with zero attached hydrogens (tertiary/aromatic N) is 2. The van der Waals surface area contributed by atoms with Gasteiger partial charge in [-0.2, -0.15) is 5.10 Å². The molecule has 1 aromatic rings. The Balaban J connectivity index is 2.18. The molecule has 1 aromatic heterocycles. The smallest absolute Gasteiger partial charge is 0.359 e. The minimum atomic E-state index is -0.430. The first-order chi connectivity index (χ1) is 7.63. The molecule has 0 aromatic carbocycles. The van der Waals surface area contributed by atoms with Crippen LogP contribution >= 0.6 is 0 Å². The summed E-state index contributed by atoms with van der Waals surface area (Å²) >= 11 is 0. The zero-order chi connectivity index (χ0) is 11.7. The van der Waals surface area contributed by atoms with Crippen LogP contribution in [-0.2, 0) is 22.9 Å². The van der Waals surface area contributed by atoms with Gasteiger partial charge in [0.05, 0.1) is 24.6 Å². The summed E-state index contributed by atoms with van der Waals surface area (Å²) in [5.74, 6) is -0.430. The highest BCUT2D eigenvalue weighted by Gasteiger charge is 2.27. The first-order valence-corrected chi connectivity index (χ1v) is 5.23. The molecular weight excluding hydrogens is 210 g/mol. The zero-order valence-corrected chi connectivity index (χ0v) is 9.40. The van der Waals surface area contributed by atoms with Crippen molar-refractivity contribution in [1.82, 2.24) is 9.78 Å². The lowest BCUT2D eigenvalue weighted by Crippen LogP contribution is -2.38. The average molecular weight is 225 g/mol. The van der Waals surface area contributed by atoms with E-state index in [4.69, 9.17) is 15.2 Å². The molecule has 1 aliphatic rings. The van der Waals surface area contributed by atoms with Crippen LogP contribution in [0.25, 0.3) is 0 Å². The van der Waals surface area contributed by atoms with E-state index >= 15 is 0 Å². The molecule has 2 N–H and O–H groups in total. The number of ether oxygens (including phenoxy) is 2. The summed E-state index contributed by atoms with van der Waals surface area (Å²) in [6.45, 7) is 2.86. The molecule has 0 atom stereocenters. The molecule has 6 nitrogen and oxygen atoms in total. The van der Waals surface area contributed by atoms with Crippen molar-refractivity contribution in [3.8, 4) is 0 Å². The fraction of sp³-hybridized carbons (Fsp3) is 0.600. The van der Waals surface area contributed by atoms with Crippen LogP contribution < -0.4 is 5.73 Å². The lowest BCUT2D eigenvalue weighted by atomic mass is 10.2. The van der Waals surface area contributed by atoms with Crippen molar-refractivity contribution in [1.29, 1.82) is 0 Å². The van der Waals surface area contributed by atoms with E-state index in [1.54, 1.807) is 7.05 Å². The molecule has 0 bridgehead atoms. The van der Waals surface area contributed by atoms with Crippen LogP contribution in [0.3, 0.4) is 0 Å². The number of aryl methyl sites for hydroxylation is 2. The number of carbonyl (C=O) groups excluding carboxylic acids is 1. The Bertz CT molecular complexity index is 410. The van der Waals surface area contributed by atoms with Gasteiger partial charge in [0.2, 0.25) is 0 Å². The molecule has 0 spiro atoms. The lowest BCUT2D eigenvalue weighted by molar-refractivity contribution is -0.103. The number of anilines is 1. The van der Waals surface area contributed by atoms with Gasteiger partial charge in [-0.25, -0.2) is 4.79 Å². The summed E-state index contributed by atoms with van der Waals surface area (Å²) in [7, 11) is 1.68. The average Bonchev–Trinajstić information content (AvgIpc) is 2.47. The lowest BCUT2D eigenvalue weighted by Gasteiger charge is -2.25. The summed E-state index contributed by atoms with van der Waals surface area (Å²) < 4.78 is 11.6. The topological polar surface area (TPSA) is 79.4 Å². The van der Waals surface area contributed by atoms with E-state index in [9.17, 15) is 4.79 Å². The second-order valence-electron chi connectivity index (χ2n) is 3.75. The fourth-order valence-corrected chi connectivity index (χ4v) is 1.59. The molecular formula is C10H15N3O3. The molecule has 0 radical (unpaired) electrons. The Morgan fingerprint density at radius 1 is 1.69 bits per heavy atom. The number of esters is 1. The standard InChI is InChI=1S/C10H15N3O3/c1-3-7-8(11)9(13(2)12-7)10(14)16-6-4-15-5-6/h6H,3-5,11H2,1-2H3. The van der Waals surface area contributed by atoms with Crippen molar-refractivity contribution in [2.45, 2.75) is 19.4 Å². The molecule has 6 heteroatoms. The number of carbonyl (C=O) groups is 1. The van der Waals surface area contributed by atoms with E-state index in [2.05, 4.69) is 5.10 Å². The third-order valence-corrected chi connectivity index (χ3v) is 2.57. The van der Waals surface area contributed by atoms with Gasteiger partial charge in [-0.05, 0) is 6.42 Å². The van der Waals surface area contributed by atoms with Gasteiger partial charge in [0.25, 0.3) is 0 Å². The van der Waals surface area contributed by atoms with Gasteiger partial charge in [0.1, 0.15) is 6.10 Å². The Labute approximate surface area is 93.3 Å². The monoisotopic (exact) mass is 225 g/mol. The van der Waals surface area contributed by atoms with Gasteiger partial charge in [-0.15, -0.1) is 0 Å². The highest BCUT2D eigenvalue weighted by atomic mass is 16.6. The number of hydrogen-bond donors (Lipinski definition) is 1. The third kappa shape index (κ3) is 1.76. The summed E-state index contributed by atoms with van der Waals surface area (Å²) in [6.07, 6.45) is 0.548. The highest BCUT2D eigenvalue weighted by molar-refractivity contribution is 5.94. The summed E-state index contributed by atoms with van der Waals surface area (Å²) in [4.78, 5) is 11.8. The molecule has 1 saturated heterocycles. The van der Waals surface area contributed by atoms with Crippen molar-refractivity contribution < 1.29 is 14.3 Å². The van der Waals surface area contributed by atoms with E-state index in [1.807, 2.05) is 6.92 Å². The second kappa shape index (κ2) is 4.13. The Kier molecular flexibility index (Phi) is 2.82. The van der Waals surface area contributed by atoms with E-state index < -0.39 is 5.97 Å². The largest absolute Gasteiger partial charge is 0.453 e. The van der Waals surface area contributed by atoms with E-state index in [-0.39, 0.29) is 6.10 Å². The van der Waals surface area contributed by atoms with Gasteiger partial charge in [-0.1, -0.05) is 6.92 Å². The maximum absolute atomic E-state index is 11.8. The Morgan fingerprint density at radius 2 is 2.38 bits per heavy atom. The molecule has 0 unspecified atom stereocenters. The molecule has 0 aliphatic carbocycles. The Morgan fingerprint density at radius 3 is 2.81 bits per heavy atom. The highest BCUT2D eigenvalue weighted by Crippen LogP contribution is 2.19. The van der Waals surface area contributed by atoms with Crippen LogP contribution in [0.15, 0.2) is 0 Å². The predicted octanol–water partition coefficient (Wildman–Crippen LogP) is 0.120. The molecule has 88 valence electrons. The van der Waals surface area contributed by atoms with E-state index in [0.717, 1.165) is 5.69 Å². The van der Waals surface area contributed by atoms with Crippen molar-refractivity contribution in [2.24, 2.45) is 7.05 Å². The first-order valence-electron chi connectivity index (χ1n) is 5.23. The van der Waals surface area contributed by atoms with Crippen molar-refractivity contribution in [3.05, 3.63) is 11.4 Å². The van der Waals surface area contributed by atoms with Gasteiger partial charge in [0, 0.05) is 7.05 Å². The molecule has 2 heterocycles. The number of aromatic nitrogens is 2. The van der Waals surface area contributed by atoms with E-state index in [0.29, 0.717) is 31.0 Å². The molecule has 1 aliphatic heterocycles.